The van der Waals surface area contributed by atoms with Gasteiger partial charge in [0.15, 0.2) is 0 Å². The number of alkyl halides is 1. The lowest BCUT2D eigenvalue weighted by atomic mass is 10.2. The molecule has 19 heavy (non-hydrogen) atoms. The molecule has 1 unspecified atom stereocenters. The Morgan fingerprint density at radius 3 is 2.32 bits per heavy atom. The number of aliphatic hydroxyl groups is 1. The largest absolute Gasteiger partial charge is 1.00 e. The number of carbonyl (C=O) groups is 1. The van der Waals surface area contributed by atoms with Gasteiger partial charge in [0, 0.05) is 5.57 Å². The lowest BCUT2D eigenvalue weighted by Gasteiger charge is -2.37. The van der Waals surface area contributed by atoms with Gasteiger partial charge < -0.3 is 26.7 Å². The van der Waals surface area contributed by atoms with Crippen LogP contribution in [0.1, 0.15) is 20.8 Å². The fourth-order valence-electron chi connectivity index (χ4n) is 1.84. The molecule has 0 bridgehead atoms. The van der Waals surface area contributed by atoms with Crippen LogP contribution >= 0.6 is 11.6 Å². The average molecular weight is 314 g/mol. The Morgan fingerprint density at radius 1 is 1.42 bits per heavy atom. The standard InChI is InChI=1S/C13H25ClNO3.ClH/c1-5-15(6-2,10-12(16)9-14)7-8-18-13(17)11(3)4;/h12,16H,3,5-10H2,1-2,4H3;1H/q+1;/p-1. The van der Waals surface area contributed by atoms with Crippen LogP contribution < -0.4 is 12.4 Å². The zero-order valence-corrected chi connectivity index (χ0v) is 13.5. The Labute approximate surface area is 127 Å². The third-order valence-electron chi connectivity index (χ3n) is 3.27. The first kappa shape index (κ1) is 21.0. The van der Waals surface area contributed by atoms with Crippen molar-refractivity contribution in [3.05, 3.63) is 12.2 Å². The van der Waals surface area contributed by atoms with Gasteiger partial charge in [-0.15, -0.1) is 11.6 Å². The molecule has 0 amide bonds. The van der Waals surface area contributed by atoms with Crippen molar-refractivity contribution in [1.29, 1.82) is 0 Å². The lowest BCUT2D eigenvalue weighted by molar-refractivity contribution is -0.927. The van der Waals surface area contributed by atoms with Crippen LogP contribution in [0.4, 0.5) is 0 Å². The lowest BCUT2D eigenvalue weighted by Crippen LogP contribution is -3.00. The Morgan fingerprint density at radius 2 is 1.95 bits per heavy atom. The number of rotatable bonds is 9. The van der Waals surface area contributed by atoms with Gasteiger partial charge in [-0.3, -0.25) is 0 Å². The second-order valence-electron chi connectivity index (χ2n) is 4.60. The first-order valence-electron chi connectivity index (χ1n) is 6.32. The predicted octanol–water partition coefficient (Wildman–Crippen LogP) is -1.43. The van der Waals surface area contributed by atoms with Gasteiger partial charge in [0.2, 0.25) is 0 Å². The summed E-state index contributed by atoms with van der Waals surface area (Å²) in [6.45, 7) is 12.6. The van der Waals surface area contributed by atoms with E-state index >= 15 is 0 Å². The summed E-state index contributed by atoms with van der Waals surface area (Å²) >= 11 is 5.64. The minimum Gasteiger partial charge on any atom is -1.00 e. The summed E-state index contributed by atoms with van der Waals surface area (Å²) in [6.07, 6.45) is -0.525. The number of hydrogen-bond acceptors (Lipinski definition) is 3. The van der Waals surface area contributed by atoms with Crippen molar-refractivity contribution in [2.75, 3.05) is 38.7 Å². The number of nitrogens with zero attached hydrogens (tertiary/aromatic N) is 1. The van der Waals surface area contributed by atoms with Gasteiger partial charge in [-0.05, 0) is 20.8 Å². The molecule has 0 aliphatic heterocycles. The van der Waals surface area contributed by atoms with E-state index in [1.807, 2.05) is 0 Å². The van der Waals surface area contributed by atoms with Crippen LogP contribution in [0.5, 0.6) is 0 Å². The Hall–Kier alpha value is -0.290. The monoisotopic (exact) mass is 313 g/mol. The average Bonchev–Trinajstić information content (AvgIpc) is 2.36. The summed E-state index contributed by atoms with van der Waals surface area (Å²) < 4.78 is 5.80. The van der Waals surface area contributed by atoms with E-state index in [0.29, 0.717) is 29.8 Å². The maximum atomic E-state index is 11.3. The molecule has 0 radical (unpaired) electrons. The molecule has 0 aromatic carbocycles. The number of aliphatic hydroxyl groups excluding tert-OH is 1. The number of carbonyl (C=O) groups excluding carboxylic acids is 1. The fraction of sp³-hybridized carbons (Fsp3) is 0.769. The molecule has 0 saturated carbocycles. The summed E-state index contributed by atoms with van der Waals surface area (Å²) in [5.74, 6) is -0.135. The van der Waals surface area contributed by atoms with E-state index in [1.165, 1.54) is 0 Å². The molecule has 1 atom stereocenters. The molecule has 0 fully saturated rings. The van der Waals surface area contributed by atoms with Crippen LogP contribution in [0, 0.1) is 0 Å². The minimum absolute atomic E-state index is 0. The van der Waals surface area contributed by atoms with Crippen molar-refractivity contribution in [2.24, 2.45) is 0 Å². The molecule has 0 spiro atoms. The van der Waals surface area contributed by atoms with Crippen molar-refractivity contribution < 1.29 is 31.5 Å². The highest BCUT2D eigenvalue weighted by atomic mass is 35.5. The summed E-state index contributed by atoms with van der Waals surface area (Å²) in [5.41, 5.74) is 0.405. The highest BCUT2D eigenvalue weighted by molar-refractivity contribution is 6.18. The molecular formula is C13H25Cl2NO3. The first-order chi connectivity index (χ1) is 8.40. The van der Waals surface area contributed by atoms with Gasteiger partial charge in [-0.25, -0.2) is 4.79 Å². The van der Waals surface area contributed by atoms with E-state index in [1.54, 1.807) is 6.92 Å². The van der Waals surface area contributed by atoms with E-state index in [4.69, 9.17) is 16.3 Å². The molecular weight excluding hydrogens is 289 g/mol. The number of esters is 1. The molecule has 0 aromatic rings. The molecule has 114 valence electrons. The topological polar surface area (TPSA) is 46.5 Å². The maximum Gasteiger partial charge on any atom is 0.333 e. The van der Waals surface area contributed by atoms with Crippen molar-refractivity contribution in [1.82, 2.24) is 0 Å². The molecule has 1 N–H and O–H groups in total. The minimum atomic E-state index is -0.525. The van der Waals surface area contributed by atoms with Crippen molar-refractivity contribution in [3.63, 3.8) is 0 Å². The van der Waals surface area contributed by atoms with Crippen LogP contribution in [0.3, 0.4) is 0 Å². The highest BCUT2D eigenvalue weighted by Gasteiger charge is 2.26. The molecule has 6 heteroatoms. The van der Waals surface area contributed by atoms with Crippen LogP contribution in [0.25, 0.3) is 0 Å². The third kappa shape index (κ3) is 7.78. The number of quaternary nitrogens is 1. The SMILES string of the molecule is C=C(C)C(=O)OCC[N+](CC)(CC)CC(O)CCl.[Cl-]. The first-order valence-corrected chi connectivity index (χ1v) is 6.86. The fourth-order valence-corrected chi connectivity index (χ4v) is 1.94. The van der Waals surface area contributed by atoms with Crippen molar-refractivity contribution >= 4 is 17.6 Å². The second-order valence-corrected chi connectivity index (χ2v) is 4.91. The summed E-state index contributed by atoms with van der Waals surface area (Å²) in [4.78, 5) is 11.3. The smallest absolute Gasteiger partial charge is 0.333 e. The van der Waals surface area contributed by atoms with E-state index in [2.05, 4.69) is 20.4 Å². The molecule has 0 heterocycles. The van der Waals surface area contributed by atoms with Crippen LogP contribution in [-0.4, -0.2) is 60.3 Å². The normalized spacial score (nSPS) is 12.5. The summed E-state index contributed by atoms with van der Waals surface area (Å²) in [7, 11) is 0. The maximum absolute atomic E-state index is 11.3. The highest BCUT2D eigenvalue weighted by Crippen LogP contribution is 2.09. The number of hydrogen-bond donors (Lipinski definition) is 1. The molecule has 4 nitrogen and oxygen atoms in total. The van der Waals surface area contributed by atoms with E-state index in [9.17, 15) is 9.90 Å². The number of ether oxygens (including phenoxy) is 1. The molecule has 0 aliphatic carbocycles. The molecule has 0 rings (SSSR count). The van der Waals surface area contributed by atoms with Gasteiger partial charge >= 0.3 is 5.97 Å². The van der Waals surface area contributed by atoms with Gasteiger partial charge in [0.05, 0.1) is 19.0 Å². The second kappa shape index (κ2) is 10.5. The van der Waals surface area contributed by atoms with E-state index in [-0.39, 0.29) is 24.3 Å². The summed E-state index contributed by atoms with van der Waals surface area (Å²) in [5, 5.41) is 9.68. The zero-order chi connectivity index (χ0) is 14.2. The molecule has 0 aromatic heterocycles. The van der Waals surface area contributed by atoms with Gasteiger partial charge in [-0.1, -0.05) is 6.58 Å². The van der Waals surface area contributed by atoms with Gasteiger partial charge in [0.25, 0.3) is 0 Å². The Balaban J connectivity index is 0. The van der Waals surface area contributed by atoms with Crippen molar-refractivity contribution in [2.45, 2.75) is 26.9 Å². The quantitative estimate of drug-likeness (QED) is 0.246. The van der Waals surface area contributed by atoms with Gasteiger partial charge in [-0.2, -0.15) is 0 Å². The van der Waals surface area contributed by atoms with Crippen LogP contribution in [-0.2, 0) is 9.53 Å². The third-order valence-corrected chi connectivity index (χ3v) is 3.62. The van der Waals surface area contributed by atoms with Crippen molar-refractivity contribution in [3.8, 4) is 0 Å². The zero-order valence-electron chi connectivity index (χ0n) is 12.0. The van der Waals surface area contributed by atoms with E-state index < -0.39 is 6.10 Å². The number of halogens is 2. The Kier molecular flexibility index (Phi) is 11.6. The predicted molar refractivity (Wildman–Crippen MR) is 73.6 cm³/mol. The molecule has 0 saturated heterocycles. The van der Waals surface area contributed by atoms with Crippen LogP contribution in [0.2, 0.25) is 0 Å². The Bertz CT molecular complexity index is 281. The van der Waals surface area contributed by atoms with Gasteiger partial charge in [0.1, 0.15) is 25.8 Å². The number of likely N-dealkylation sites (N-methyl/N-ethyl adjacent to an activating group) is 1. The summed E-state index contributed by atoms with van der Waals surface area (Å²) in [6, 6.07) is 0. The van der Waals surface area contributed by atoms with Crippen LogP contribution in [0.15, 0.2) is 12.2 Å². The van der Waals surface area contributed by atoms with E-state index in [0.717, 1.165) is 13.1 Å². The molecule has 0 aliphatic rings.